The van der Waals surface area contributed by atoms with Gasteiger partial charge in [-0.1, -0.05) is 132 Å². The molecule has 0 amide bonds. The number of benzene rings is 8. The van der Waals surface area contributed by atoms with Crippen LogP contribution >= 0.6 is 0 Å². The number of hydrogen-bond donors (Lipinski definition) is 0. The van der Waals surface area contributed by atoms with Crippen LogP contribution in [0.4, 0.5) is 34.1 Å². The van der Waals surface area contributed by atoms with Crippen LogP contribution in [-0.2, 0) is 18.3 Å². The molecule has 11 rings (SSSR count). The Labute approximate surface area is 323 Å². The molecule has 0 fully saturated rings. The van der Waals surface area contributed by atoms with E-state index in [0.717, 1.165) is 12.8 Å². The molecule has 0 unspecified atom stereocenters. The third-order valence-corrected chi connectivity index (χ3v) is 12.2. The Hall–Kier alpha value is -6.64. The van der Waals surface area contributed by atoms with Gasteiger partial charge in [-0.25, -0.2) is 0 Å². The lowest BCUT2D eigenvalue weighted by Crippen LogP contribution is -2.30. The van der Waals surface area contributed by atoms with E-state index >= 15 is 0 Å². The van der Waals surface area contributed by atoms with Gasteiger partial charge in [0.2, 0.25) is 0 Å². The molecule has 0 saturated heterocycles. The van der Waals surface area contributed by atoms with Crippen LogP contribution < -0.4 is 9.80 Å². The number of anilines is 6. The smallest absolute Gasteiger partial charge is 0.0715 e. The summed E-state index contributed by atoms with van der Waals surface area (Å²) in [5.41, 5.74) is 22.7. The van der Waals surface area contributed by atoms with Gasteiger partial charge >= 0.3 is 0 Å². The molecule has 8 aromatic carbocycles. The van der Waals surface area contributed by atoms with E-state index < -0.39 is 5.41 Å². The number of aryl methyl sites for hydroxylation is 2. The third kappa shape index (κ3) is 4.74. The Kier molecular flexibility index (Phi) is 7.06. The standard InChI is InChI=1S/C53H40N2/c1-35-23-25-49-37(27-35)29-39-31-45-46-32-40-30-38-28-36(2)24-26-50(38)55(44-21-13-6-14-22-44)52(40)34-48(46)53(41-15-7-3-8-16-41,42-17-9-4-10-18-42)47(45)33-51(39)54(49)43-19-11-5-12-20-43/h3-28,31-34H,29-30H2,1-2H3. The number of nitrogens with zero attached hydrogens (tertiary/aromatic N) is 2. The molecule has 0 saturated carbocycles. The molecule has 3 aliphatic rings. The average molecular weight is 705 g/mol. The summed E-state index contributed by atoms with van der Waals surface area (Å²) in [6.07, 6.45) is 1.78. The lowest BCUT2D eigenvalue weighted by Gasteiger charge is -2.38. The maximum Gasteiger partial charge on any atom is 0.0715 e. The molecule has 0 bridgehead atoms. The minimum Gasteiger partial charge on any atom is -0.310 e. The highest BCUT2D eigenvalue weighted by molar-refractivity contribution is 5.95. The van der Waals surface area contributed by atoms with E-state index in [9.17, 15) is 0 Å². The summed E-state index contributed by atoms with van der Waals surface area (Å²) in [6, 6.07) is 68.4. The highest BCUT2D eigenvalue weighted by Gasteiger charge is 2.48. The first-order valence-corrected chi connectivity index (χ1v) is 19.4. The van der Waals surface area contributed by atoms with Crippen molar-refractivity contribution >= 4 is 34.1 Å². The van der Waals surface area contributed by atoms with E-state index in [1.165, 1.54) is 101 Å². The fourth-order valence-electron chi connectivity index (χ4n) is 9.87. The molecule has 262 valence electrons. The second-order valence-corrected chi connectivity index (χ2v) is 15.5. The average Bonchev–Trinajstić information content (AvgIpc) is 3.50. The fourth-order valence-corrected chi connectivity index (χ4v) is 9.87. The van der Waals surface area contributed by atoms with E-state index in [-0.39, 0.29) is 0 Å². The Morgan fingerprint density at radius 3 is 1.13 bits per heavy atom. The van der Waals surface area contributed by atoms with Crippen molar-refractivity contribution in [2.45, 2.75) is 32.1 Å². The van der Waals surface area contributed by atoms with Crippen molar-refractivity contribution < 1.29 is 0 Å². The van der Waals surface area contributed by atoms with Crippen LogP contribution in [0.3, 0.4) is 0 Å². The first kappa shape index (κ1) is 31.8. The minimum absolute atomic E-state index is 0.553. The predicted molar refractivity (Wildman–Crippen MR) is 228 cm³/mol. The molecule has 0 atom stereocenters. The monoisotopic (exact) mass is 704 g/mol. The van der Waals surface area contributed by atoms with Gasteiger partial charge in [0.05, 0.1) is 16.8 Å². The number of fused-ring (bicyclic) bond motifs is 7. The third-order valence-electron chi connectivity index (χ3n) is 12.2. The molecule has 0 N–H and O–H groups in total. The molecule has 0 radical (unpaired) electrons. The van der Waals surface area contributed by atoms with Crippen LogP contribution in [0.2, 0.25) is 0 Å². The molecule has 2 heteroatoms. The molecular formula is C53H40N2. The number of para-hydroxylation sites is 2. The second kappa shape index (κ2) is 12.2. The normalized spacial score (nSPS) is 14.3. The van der Waals surface area contributed by atoms with Crippen LogP contribution in [0, 0.1) is 13.8 Å². The predicted octanol–water partition coefficient (Wildman–Crippen LogP) is 13.4. The van der Waals surface area contributed by atoms with E-state index in [1.807, 2.05) is 0 Å². The van der Waals surface area contributed by atoms with Gasteiger partial charge in [-0.3, -0.25) is 0 Å². The van der Waals surface area contributed by atoms with Crippen LogP contribution in [-0.4, -0.2) is 0 Å². The zero-order valence-corrected chi connectivity index (χ0v) is 31.1. The van der Waals surface area contributed by atoms with Crippen LogP contribution in [0.15, 0.2) is 182 Å². The fraction of sp³-hybridized carbons (Fsp3) is 0.0943. The summed E-state index contributed by atoms with van der Waals surface area (Å²) in [7, 11) is 0. The Morgan fingerprint density at radius 2 is 0.727 bits per heavy atom. The van der Waals surface area contributed by atoms with Crippen LogP contribution in [0.25, 0.3) is 11.1 Å². The van der Waals surface area contributed by atoms with Gasteiger partial charge in [0.1, 0.15) is 0 Å². The summed E-state index contributed by atoms with van der Waals surface area (Å²) in [4.78, 5) is 5.00. The summed E-state index contributed by atoms with van der Waals surface area (Å²) >= 11 is 0. The molecule has 8 aromatic rings. The zero-order valence-electron chi connectivity index (χ0n) is 31.1. The van der Waals surface area contributed by atoms with E-state index in [0.29, 0.717) is 0 Å². The Balaban J connectivity index is 1.24. The van der Waals surface area contributed by atoms with Gasteiger partial charge in [-0.05, 0) is 130 Å². The van der Waals surface area contributed by atoms with Gasteiger partial charge in [0.25, 0.3) is 0 Å². The maximum absolute atomic E-state index is 2.55. The number of rotatable bonds is 4. The lowest BCUT2D eigenvalue weighted by molar-refractivity contribution is 0.767. The first-order valence-electron chi connectivity index (χ1n) is 19.4. The largest absolute Gasteiger partial charge is 0.310 e. The highest BCUT2D eigenvalue weighted by atomic mass is 15.2. The van der Waals surface area contributed by atoms with E-state index in [1.54, 1.807) is 0 Å². The molecule has 0 aromatic heterocycles. The molecule has 1 aliphatic carbocycles. The molecule has 2 aliphatic heterocycles. The summed E-state index contributed by atoms with van der Waals surface area (Å²) in [5.74, 6) is 0. The van der Waals surface area contributed by atoms with E-state index in [2.05, 4.69) is 206 Å². The van der Waals surface area contributed by atoms with Crippen LogP contribution in [0.5, 0.6) is 0 Å². The van der Waals surface area contributed by atoms with Crippen molar-refractivity contribution in [3.63, 3.8) is 0 Å². The van der Waals surface area contributed by atoms with Crippen molar-refractivity contribution in [1.82, 2.24) is 0 Å². The van der Waals surface area contributed by atoms with Crippen molar-refractivity contribution in [3.8, 4) is 11.1 Å². The summed E-state index contributed by atoms with van der Waals surface area (Å²) in [5, 5.41) is 0. The van der Waals surface area contributed by atoms with Gasteiger partial charge < -0.3 is 9.80 Å². The Bertz CT molecular complexity index is 2580. The lowest BCUT2D eigenvalue weighted by atomic mass is 9.67. The first-order chi connectivity index (χ1) is 27.1. The molecule has 2 heterocycles. The molecule has 2 nitrogen and oxygen atoms in total. The minimum atomic E-state index is -0.553. The van der Waals surface area contributed by atoms with Crippen molar-refractivity contribution in [2.75, 3.05) is 9.80 Å². The SMILES string of the molecule is Cc1ccc2c(c1)Cc1cc3c(cc1N2c1ccccc1)C(c1ccccc1)(c1ccccc1)c1cc2c(cc1-3)Cc1cc(C)ccc1N2c1ccccc1. The Morgan fingerprint density at radius 1 is 0.364 bits per heavy atom. The molecule has 0 spiro atoms. The maximum atomic E-state index is 2.55. The van der Waals surface area contributed by atoms with Crippen molar-refractivity contribution in [1.29, 1.82) is 0 Å². The molecule has 55 heavy (non-hydrogen) atoms. The van der Waals surface area contributed by atoms with Gasteiger partial charge in [-0.15, -0.1) is 0 Å². The highest BCUT2D eigenvalue weighted by Crippen LogP contribution is 2.61. The summed E-state index contributed by atoms with van der Waals surface area (Å²) in [6.45, 7) is 4.41. The number of hydrogen-bond acceptors (Lipinski definition) is 2. The topological polar surface area (TPSA) is 6.48 Å². The van der Waals surface area contributed by atoms with Crippen LogP contribution in [0.1, 0.15) is 55.6 Å². The van der Waals surface area contributed by atoms with Crippen molar-refractivity contribution in [2.24, 2.45) is 0 Å². The van der Waals surface area contributed by atoms with Gasteiger partial charge in [0.15, 0.2) is 0 Å². The van der Waals surface area contributed by atoms with Gasteiger partial charge in [0, 0.05) is 35.6 Å². The van der Waals surface area contributed by atoms with Crippen molar-refractivity contribution in [3.05, 3.63) is 238 Å². The summed E-state index contributed by atoms with van der Waals surface area (Å²) < 4.78 is 0. The zero-order chi connectivity index (χ0) is 36.7. The molecular weight excluding hydrogens is 665 g/mol. The van der Waals surface area contributed by atoms with E-state index in [4.69, 9.17) is 0 Å². The van der Waals surface area contributed by atoms with Gasteiger partial charge in [-0.2, -0.15) is 0 Å². The quantitative estimate of drug-likeness (QED) is 0.180. The second-order valence-electron chi connectivity index (χ2n) is 15.5.